The minimum atomic E-state index is -0.940. The molecule has 0 aromatic heterocycles. The van der Waals surface area contributed by atoms with E-state index in [1.165, 1.54) is 12.8 Å². The highest BCUT2D eigenvalue weighted by atomic mass is 19.2. The van der Waals surface area contributed by atoms with Gasteiger partial charge in [0.25, 0.3) is 0 Å². The summed E-state index contributed by atoms with van der Waals surface area (Å²) in [7, 11) is 0. The monoisotopic (exact) mass is 398 g/mol. The number of benzene rings is 2. The van der Waals surface area contributed by atoms with Crippen LogP contribution < -0.4 is 4.74 Å². The molecular weight excluding hydrogens is 373 g/mol. The zero-order valence-corrected chi connectivity index (χ0v) is 16.8. The lowest BCUT2D eigenvalue weighted by Gasteiger charge is -2.38. The first-order valence-electron chi connectivity index (χ1n) is 10.7. The van der Waals surface area contributed by atoms with Crippen molar-refractivity contribution in [2.24, 2.45) is 17.8 Å². The van der Waals surface area contributed by atoms with Crippen molar-refractivity contribution in [1.29, 1.82) is 0 Å². The van der Waals surface area contributed by atoms with Crippen molar-refractivity contribution in [1.82, 2.24) is 0 Å². The molecule has 1 fully saturated rings. The van der Waals surface area contributed by atoms with Crippen LogP contribution in [0, 0.1) is 35.2 Å². The Kier molecular flexibility index (Phi) is 4.49. The highest BCUT2D eigenvalue weighted by molar-refractivity contribution is 6.03. The minimum absolute atomic E-state index is 0.0458. The van der Waals surface area contributed by atoms with Gasteiger partial charge >= 0.3 is 0 Å². The molecule has 0 bridgehead atoms. The molecule has 3 aliphatic rings. The SMILES string of the molecule is CCOc1ccc2c(c1F)-c1c-2cc(C2C=CC3CC(C)CCC3C2)c(F)c1F. The summed E-state index contributed by atoms with van der Waals surface area (Å²) in [5, 5.41) is 0. The molecule has 2 aromatic rings. The number of ether oxygens (including phenoxy) is 1. The van der Waals surface area contributed by atoms with Crippen LogP contribution in [-0.4, -0.2) is 6.61 Å². The predicted molar refractivity (Wildman–Crippen MR) is 108 cm³/mol. The molecule has 0 aliphatic heterocycles. The number of fused-ring (bicyclic) bond motifs is 5. The van der Waals surface area contributed by atoms with E-state index in [2.05, 4.69) is 19.1 Å². The lowest BCUT2D eigenvalue weighted by atomic mass is 9.67. The highest BCUT2D eigenvalue weighted by Gasteiger charge is 2.37. The Balaban J connectivity index is 1.52. The van der Waals surface area contributed by atoms with E-state index in [1.807, 2.05) is 0 Å². The summed E-state index contributed by atoms with van der Waals surface area (Å²) in [6.07, 6.45) is 8.67. The molecule has 152 valence electrons. The van der Waals surface area contributed by atoms with Crippen molar-refractivity contribution in [2.75, 3.05) is 6.61 Å². The second-order valence-electron chi connectivity index (χ2n) is 8.82. The fourth-order valence-electron chi connectivity index (χ4n) is 5.53. The molecule has 0 spiro atoms. The summed E-state index contributed by atoms with van der Waals surface area (Å²) < 4.78 is 50.1. The summed E-state index contributed by atoms with van der Waals surface area (Å²) in [4.78, 5) is 0. The molecule has 4 unspecified atom stereocenters. The van der Waals surface area contributed by atoms with E-state index in [1.54, 1.807) is 25.1 Å². The molecule has 0 N–H and O–H groups in total. The third-order valence-corrected chi connectivity index (χ3v) is 7.04. The van der Waals surface area contributed by atoms with Gasteiger partial charge in [0.1, 0.15) is 0 Å². The number of hydrogen-bond donors (Lipinski definition) is 0. The predicted octanol–water partition coefficient (Wildman–Crippen LogP) is 7.25. The molecule has 0 amide bonds. The Bertz CT molecular complexity index is 1010. The summed E-state index contributed by atoms with van der Waals surface area (Å²) in [5.74, 6) is -0.613. The normalized spacial score (nSPS) is 26.9. The van der Waals surface area contributed by atoms with Crippen LogP contribution in [0.1, 0.15) is 51.0 Å². The van der Waals surface area contributed by atoms with Crippen molar-refractivity contribution >= 4 is 0 Å². The Morgan fingerprint density at radius 2 is 1.72 bits per heavy atom. The summed E-state index contributed by atoms with van der Waals surface area (Å²) in [6.45, 7) is 4.36. The van der Waals surface area contributed by atoms with E-state index in [4.69, 9.17) is 4.74 Å². The second kappa shape index (κ2) is 6.93. The Morgan fingerprint density at radius 3 is 2.52 bits per heavy atom. The first kappa shape index (κ1) is 18.8. The molecule has 1 saturated carbocycles. The zero-order valence-electron chi connectivity index (χ0n) is 16.8. The number of allylic oxidation sites excluding steroid dienone is 2. The largest absolute Gasteiger partial charge is 0.491 e. The molecule has 4 atom stereocenters. The Labute approximate surface area is 169 Å². The molecule has 2 aromatic carbocycles. The van der Waals surface area contributed by atoms with E-state index >= 15 is 8.78 Å². The van der Waals surface area contributed by atoms with Crippen LogP contribution in [0.25, 0.3) is 22.3 Å². The van der Waals surface area contributed by atoms with Crippen LogP contribution in [0.2, 0.25) is 0 Å². The van der Waals surface area contributed by atoms with Gasteiger partial charge in [-0.3, -0.25) is 0 Å². The standard InChI is InChI=1S/C25H25F3O/c1-3-29-20-9-8-17-19-12-18(23(26)25(28)22(19)21(17)24(20)27)16-7-6-14-10-13(2)4-5-15(14)11-16/h6-9,12-16H,3-5,10-11H2,1-2H3. The van der Waals surface area contributed by atoms with Gasteiger partial charge in [-0.15, -0.1) is 0 Å². The Morgan fingerprint density at radius 1 is 0.931 bits per heavy atom. The maximum atomic E-state index is 15.1. The van der Waals surface area contributed by atoms with E-state index in [0.29, 0.717) is 35.1 Å². The van der Waals surface area contributed by atoms with Gasteiger partial charge in [-0.2, -0.15) is 0 Å². The molecule has 1 nitrogen and oxygen atoms in total. The average molecular weight is 398 g/mol. The fourth-order valence-corrected chi connectivity index (χ4v) is 5.53. The molecule has 29 heavy (non-hydrogen) atoms. The van der Waals surface area contributed by atoms with Crippen molar-refractivity contribution in [3.05, 3.63) is 53.4 Å². The average Bonchev–Trinajstić information content (AvgIpc) is 2.70. The molecule has 5 rings (SSSR count). The molecule has 0 radical (unpaired) electrons. The van der Waals surface area contributed by atoms with Crippen molar-refractivity contribution in [3.63, 3.8) is 0 Å². The lowest BCUT2D eigenvalue weighted by molar-refractivity contribution is 0.201. The van der Waals surface area contributed by atoms with Crippen LogP contribution in [0.5, 0.6) is 5.75 Å². The quantitative estimate of drug-likeness (QED) is 0.422. The van der Waals surface area contributed by atoms with Crippen molar-refractivity contribution < 1.29 is 17.9 Å². The maximum absolute atomic E-state index is 15.1. The van der Waals surface area contributed by atoms with Gasteiger partial charge in [-0.25, -0.2) is 13.2 Å². The molecular formula is C25H25F3O. The first-order valence-corrected chi connectivity index (χ1v) is 10.7. The topological polar surface area (TPSA) is 9.23 Å². The number of rotatable bonds is 3. The van der Waals surface area contributed by atoms with E-state index < -0.39 is 17.5 Å². The third-order valence-electron chi connectivity index (χ3n) is 7.04. The molecule has 0 saturated heterocycles. The summed E-state index contributed by atoms with van der Waals surface area (Å²) in [6, 6.07) is 5.04. The number of halogens is 3. The Hall–Kier alpha value is -2.23. The van der Waals surface area contributed by atoms with Gasteiger partial charge in [0.05, 0.1) is 6.61 Å². The van der Waals surface area contributed by atoms with Crippen molar-refractivity contribution in [2.45, 2.75) is 45.4 Å². The summed E-state index contributed by atoms with van der Waals surface area (Å²) in [5.41, 5.74) is 1.81. The first-order chi connectivity index (χ1) is 14.0. The lowest BCUT2D eigenvalue weighted by Crippen LogP contribution is -2.27. The van der Waals surface area contributed by atoms with Gasteiger partial charge in [-0.05, 0) is 78.8 Å². The molecule has 0 heterocycles. The molecule has 4 heteroatoms. The van der Waals surface area contributed by atoms with Crippen LogP contribution in [-0.2, 0) is 0 Å². The van der Waals surface area contributed by atoms with E-state index in [0.717, 1.165) is 18.8 Å². The van der Waals surface area contributed by atoms with Gasteiger partial charge in [0.2, 0.25) is 0 Å². The second-order valence-corrected chi connectivity index (χ2v) is 8.82. The van der Waals surface area contributed by atoms with Crippen molar-refractivity contribution in [3.8, 4) is 28.0 Å². The smallest absolute Gasteiger partial charge is 0.173 e. The maximum Gasteiger partial charge on any atom is 0.173 e. The molecule has 3 aliphatic carbocycles. The van der Waals surface area contributed by atoms with Gasteiger partial charge in [0, 0.05) is 17.0 Å². The number of hydrogen-bond acceptors (Lipinski definition) is 1. The van der Waals surface area contributed by atoms with Crippen LogP contribution in [0.4, 0.5) is 13.2 Å². The third kappa shape index (κ3) is 2.83. The fraction of sp³-hybridized carbons (Fsp3) is 0.440. The van der Waals surface area contributed by atoms with Crippen LogP contribution >= 0.6 is 0 Å². The van der Waals surface area contributed by atoms with Crippen LogP contribution in [0.15, 0.2) is 30.4 Å². The summed E-state index contributed by atoms with van der Waals surface area (Å²) >= 11 is 0. The van der Waals surface area contributed by atoms with E-state index in [-0.39, 0.29) is 22.8 Å². The van der Waals surface area contributed by atoms with E-state index in [9.17, 15) is 4.39 Å². The zero-order chi connectivity index (χ0) is 20.3. The van der Waals surface area contributed by atoms with Gasteiger partial charge < -0.3 is 4.74 Å². The van der Waals surface area contributed by atoms with Gasteiger partial charge in [-0.1, -0.05) is 25.5 Å². The minimum Gasteiger partial charge on any atom is -0.491 e. The highest BCUT2D eigenvalue weighted by Crippen LogP contribution is 2.54. The van der Waals surface area contributed by atoms with Gasteiger partial charge in [0.15, 0.2) is 23.2 Å². The van der Waals surface area contributed by atoms with Crippen LogP contribution in [0.3, 0.4) is 0 Å².